The van der Waals surface area contributed by atoms with Crippen molar-refractivity contribution in [2.24, 2.45) is 0 Å². The van der Waals surface area contributed by atoms with Crippen LogP contribution in [0, 0.1) is 0 Å². The molecule has 106 valence electrons. The zero-order valence-electron chi connectivity index (χ0n) is 12.0. The summed E-state index contributed by atoms with van der Waals surface area (Å²) in [6, 6.07) is 23.5. The Balaban J connectivity index is 1.90. The Labute approximate surface area is 130 Å². The molecule has 0 saturated carbocycles. The van der Waals surface area contributed by atoms with Crippen LogP contribution in [0.5, 0.6) is 0 Å². The quantitative estimate of drug-likeness (QED) is 0.714. The van der Waals surface area contributed by atoms with Crippen LogP contribution < -0.4 is 5.32 Å². The molecule has 1 unspecified atom stereocenters. The molecule has 3 aromatic rings. The van der Waals surface area contributed by atoms with Gasteiger partial charge in [-0.3, -0.25) is 0 Å². The summed E-state index contributed by atoms with van der Waals surface area (Å²) in [4.78, 5) is 0. The van der Waals surface area contributed by atoms with Gasteiger partial charge in [0.2, 0.25) is 0 Å². The largest absolute Gasteiger partial charge is 0.313 e. The van der Waals surface area contributed by atoms with Crippen LogP contribution in [0.3, 0.4) is 0 Å². The lowest BCUT2D eigenvalue weighted by Gasteiger charge is -2.17. The molecule has 0 bridgehead atoms. The van der Waals surface area contributed by atoms with Crippen molar-refractivity contribution in [1.29, 1.82) is 0 Å². The first-order valence-corrected chi connectivity index (χ1v) is 7.54. The highest BCUT2D eigenvalue weighted by molar-refractivity contribution is 6.30. The fourth-order valence-electron chi connectivity index (χ4n) is 2.71. The molecule has 0 spiro atoms. The summed E-state index contributed by atoms with van der Waals surface area (Å²) in [7, 11) is 2.00. The minimum Gasteiger partial charge on any atom is -0.313 e. The molecule has 21 heavy (non-hydrogen) atoms. The molecule has 0 heterocycles. The third-order valence-electron chi connectivity index (χ3n) is 3.85. The van der Waals surface area contributed by atoms with E-state index in [4.69, 9.17) is 11.6 Å². The van der Waals surface area contributed by atoms with E-state index in [1.54, 1.807) is 0 Å². The van der Waals surface area contributed by atoms with Gasteiger partial charge in [-0.05, 0) is 53.6 Å². The SMILES string of the molecule is CNC(Cc1cccc(Cl)c1)c1ccc2ccccc2c1. The van der Waals surface area contributed by atoms with Crippen molar-refractivity contribution in [3.05, 3.63) is 82.9 Å². The highest BCUT2D eigenvalue weighted by Gasteiger charge is 2.11. The van der Waals surface area contributed by atoms with Crippen molar-refractivity contribution in [1.82, 2.24) is 5.32 Å². The normalized spacial score (nSPS) is 12.5. The minimum atomic E-state index is 0.285. The van der Waals surface area contributed by atoms with Crippen molar-refractivity contribution in [3.8, 4) is 0 Å². The van der Waals surface area contributed by atoms with Crippen molar-refractivity contribution < 1.29 is 0 Å². The maximum atomic E-state index is 6.08. The van der Waals surface area contributed by atoms with E-state index in [9.17, 15) is 0 Å². The number of fused-ring (bicyclic) bond motifs is 1. The number of benzene rings is 3. The molecule has 0 aromatic heterocycles. The van der Waals surface area contributed by atoms with Crippen LogP contribution in [0.25, 0.3) is 10.8 Å². The lowest BCUT2D eigenvalue weighted by molar-refractivity contribution is 0.593. The highest BCUT2D eigenvalue weighted by atomic mass is 35.5. The van der Waals surface area contributed by atoms with Gasteiger partial charge in [0, 0.05) is 11.1 Å². The maximum absolute atomic E-state index is 6.08. The van der Waals surface area contributed by atoms with Crippen molar-refractivity contribution in [2.45, 2.75) is 12.5 Å². The molecule has 0 aliphatic rings. The van der Waals surface area contributed by atoms with Crippen LogP contribution in [0.4, 0.5) is 0 Å². The molecule has 1 atom stereocenters. The second-order valence-corrected chi connectivity index (χ2v) is 5.72. The van der Waals surface area contributed by atoms with E-state index < -0.39 is 0 Å². The molecule has 2 heteroatoms. The van der Waals surface area contributed by atoms with E-state index in [0.717, 1.165) is 11.4 Å². The predicted octanol–water partition coefficient (Wildman–Crippen LogP) is 5.00. The van der Waals surface area contributed by atoms with Crippen molar-refractivity contribution in [3.63, 3.8) is 0 Å². The van der Waals surface area contributed by atoms with Gasteiger partial charge >= 0.3 is 0 Å². The van der Waals surface area contributed by atoms with Gasteiger partial charge in [-0.2, -0.15) is 0 Å². The van der Waals surface area contributed by atoms with Crippen LogP contribution in [0.2, 0.25) is 5.02 Å². The number of nitrogens with one attached hydrogen (secondary N) is 1. The highest BCUT2D eigenvalue weighted by Crippen LogP contribution is 2.24. The van der Waals surface area contributed by atoms with Gasteiger partial charge in [-0.15, -0.1) is 0 Å². The maximum Gasteiger partial charge on any atom is 0.0408 e. The van der Waals surface area contributed by atoms with Gasteiger partial charge < -0.3 is 5.32 Å². The summed E-state index contributed by atoms with van der Waals surface area (Å²) in [5, 5.41) is 6.76. The van der Waals surface area contributed by atoms with Crippen LogP contribution >= 0.6 is 11.6 Å². The number of rotatable bonds is 4. The first-order valence-electron chi connectivity index (χ1n) is 7.16. The molecule has 1 N–H and O–H groups in total. The number of hydrogen-bond donors (Lipinski definition) is 1. The monoisotopic (exact) mass is 295 g/mol. The summed E-state index contributed by atoms with van der Waals surface area (Å²) < 4.78 is 0. The Hall–Kier alpha value is -1.83. The topological polar surface area (TPSA) is 12.0 Å². The van der Waals surface area contributed by atoms with Gasteiger partial charge in [0.05, 0.1) is 0 Å². The molecule has 0 saturated heterocycles. The second kappa shape index (κ2) is 6.30. The molecule has 0 radical (unpaired) electrons. The summed E-state index contributed by atoms with van der Waals surface area (Å²) in [6.45, 7) is 0. The predicted molar refractivity (Wildman–Crippen MR) is 90.9 cm³/mol. The molecular formula is C19H18ClN. The Bertz CT molecular complexity index is 751. The first kappa shape index (κ1) is 14.1. The fourth-order valence-corrected chi connectivity index (χ4v) is 2.92. The summed E-state index contributed by atoms with van der Waals surface area (Å²) in [6.07, 6.45) is 0.926. The second-order valence-electron chi connectivity index (χ2n) is 5.28. The van der Waals surface area contributed by atoms with Crippen molar-refractivity contribution >= 4 is 22.4 Å². The molecule has 1 nitrogen and oxygen atoms in total. The Morgan fingerprint density at radius 1 is 0.905 bits per heavy atom. The Morgan fingerprint density at radius 3 is 2.48 bits per heavy atom. The van der Waals surface area contributed by atoms with Gasteiger partial charge in [0.1, 0.15) is 0 Å². The van der Waals surface area contributed by atoms with Crippen LogP contribution in [0.15, 0.2) is 66.7 Å². The van der Waals surface area contributed by atoms with E-state index in [2.05, 4.69) is 53.8 Å². The Kier molecular flexibility index (Phi) is 4.23. The average molecular weight is 296 g/mol. The molecule has 0 aliphatic heterocycles. The van der Waals surface area contributed by atoms with E-state index in [1.807, 2.05) is 25.2 Å². The lowest BCUT2D eigenvalue weighted by Crippen LogP contribution is -2.18. The third-order valence-corrected chi connectivity index (χ3v) is 4.09. The molecular weight excluding hydrogens is 278 g/mol. The van der Waals surface area contributed by atoms with E-state index in [-0.39, 0.29) is 6.04 Å². The minimum absolute atomic E-state index is 0.285. The number of hydrogen-bond acceptors (Lipinski definition) is 1. The van der Waals surface area contributed by atoms with E-state index in [0.29, 0.717) is 0 Å². The number of halogens is 1. The molecule has 0 fully saturated rings. The van der Waals surface area contributed by atoms with Crippen LogP contribution in [-0.4, -0.2) is 7.05 Å². The van der Waals surface area contributed by atoms with Crippen LogP contribution in [0.1, 0.15) is 17.2 Å². The van der Waals surface area contributed by atoms with Gasteiger partial charge in [-0.25, -0.2) is 0 Å². The van der Waals surface area contributed by atoms with Gasteiger partial charge in [0.15, 0.2) is 0 Å². The number of likely N-dealkylation sites (N-methyl/N-ethyl adjacent to an activating group) is 1. The lowest BCUT2D eigenvalue weighted by atomic mass is 9.96. The average Bonchev–Trinajstić information content (AvgIpc) is 2.52. The van der Waals surface area contributed by atoms with Gasteiger partial charge in [-0.1, -0.05) is 60.1 Å². The third kappa shape index (κ3) is 3.26. The molecule has 0 aliphatic carbocycles. The fraction of sp³-hybridized carbons (Fsp3) is 0.158. The summed E-state index contributed by atoms with van der Waals surface area (Å²) in [5.41, 5.74) is 2.55. The molecule has 0 amide bonds. The van der Waals surface area contributed by atoms with Crippen LogP contribution in [-0.2, 0) is 6.42 Å². The zero-order valence-corrected chi connectivity index (χ0v) is 12.8. The smallest absolute Gasteiger partial charge is 0.0408 e. The summed E-state index contributed by atoms with van der Waals surface area (Å²) >= 11 is 6.08. The molecule has 3 rings (SSSR count). The van der Waals surface area contributed by atoms with E-state index >= 15 is 0 Å². The van der Waals surface area contributed by atoms with E-state index in [1.165, 1.54) is 21.9 Å². The zero-order chi connectivity index (χ0) is 14.7. The first-order chi connectivity index (χ1) is 10.3. The van der Waals surface area contributed by atoms with Gasteiger partial charge in [0.25, 0.3) is 0 Å². The molecule has 3 aromatic carbocycles. The standard InChI is InChI=1S/C19H18ClN/c1-21-19(12-14-5-4-8-18(20)11-14)17-10-9-15-6-2-3-7-16(15)13-17/h2-11,13,19,21H,12H2,1H3. The summed E-state index contributed by atoms with van der Waals surface area (Å²) in [5.74, 6) is 0. The Morgan fingerprint density at radius 2 is 1.71 bits per heavy atom. The van der Waals surface area contributed by atoms with Crippen molar-refractivity contribution in [2.75, 3.05) is 7.05 Å².